The van der Waals surface area contributed by atoms with E-state index in [0.717, 1.165) is 29.8 Å². The van der Waals surface area contributed by atoms with E-state index >= 15 is 0 Å². The molecule has 20 heavy (non-hydrogen) atoms. The molecule has 1 N–H and O–H groups in total. The molecular weight excluding hydrogens is 250 g/mol. The van der Waals surface area contributed by atoms with Crippen LogP contribution in [-0.2, 0) is 4.79 Å². The second-order valence-corrected chi connectivity index (χ2v) is 5.32. The Kier molecular flexibility index (Phi) is 6.20. The van der Waals surface area contributed by atoms with E-state index in [1.807, 2.05) is 25.8 Å². The number of nitrogens with zero attached hydrogens (tertiary/aromatic N) is 2. The van der Waals surface area contributed by atoms with Gasteiger partial charge in [0.25, 0.3) is 0 Å². The summed E-state index contributed by atoms with van der Waals surface area (Å²) in [5, 5.41) is 11.5. The van der Waals surface area contributed by atoms with Gasteiger partial charge in [-0.2, -0.15) is 5.26 Å². The first-order chi connectivity index (χ1) is 9.43. The van der Waals surface area contributed by atoms with Crippen LogP contribution in [0.2, 0.25) is 0 Å². The second kappa shape index (κ2) is 7.66. The van der Waals surface area contributed by atoms with E-state index in [2.05, 4.69) is 30.4 Å². The summed E-state index contributed by atoms with van der Waals surface area (Å²) >= 11 is 0. The van der Waals surface area contributed by atoms with Crippen LogP contribution < -0.4 is 5.32 Å². The number of likely N-dealkylation sites (N-methyl/N-ethyl adjacent to an activating group) is 1. The van der Waals surface area contributed by atoms with Crippen molar-refractivity contribution < 1.29 is 4.79 Å². The molecule has 1 aromatic rings. The monoisotopic (exact) mass is 273 g/mol. The number of hydrogen-bond donors (Lipinski definition) is 1. The van der Waals surface area contributed by atoms with E-state index in [9.17, 15) is 4.79 Å². The molecule has 1 aromatic carbocycles. The van der Waals surface area contributed by atoms with Crippen molar-refractivity contribution in [3.63, 3.8) is 0 Å². The highest BCUT2D eigenvalue weighted by atomic mass is 16.2. The number of aryl methyl sites for hydroxylation is 3. The lowest BCUT2D eigenvalue weighted by molar-refractivity contribution is -0.117. The molecule has 0 bridgehead atoms. The molecule has 0 radical (unpaired) electrons. The largest absolute Gasteiger partial charge is 0.324 e. The molecule has 4 heteroatoms. The van der Waals surface area contributed by atoms with E-state index in [1.165, 1.54) is 5.56 Å². The highest BCUT2D eigenvalue weighted by Gasteiger charge is 2.10. The molecule has 0 atom stereocenters. The quantitative estimate of drug-likeness (QED) is 0.811. The van der Waals surface area contributed by atoms with Crippen molar-refractivity contribution in [1.82, 2.24) is 4.90 Å². The molecule has 0 fully saturated rings. The van der Waals surface area contributed by atoms with E-state index < -0.39 is 0 Å². The van der Waals surface area contributed by atoms with Crippen LogP contribution in [0.15, 0.2) is 12.1 Å². The van der Waals surface area contributed by atoms with Crippen LogP contribution in [0.4, 0.5) is 5.69 Å². The first-order valence-electron chi connectivity index (χ1n) is 6.87. The zero-order valence-corrected chi connectivity index (χ0v) is 12.8. The van der Waals surface area contributed by atoms with Gasteiger partial charge in [0, 0.05) is 12.1 Å². The molecule has 0 aliphatic carbocycles. The first-order valence-corrected chi connectivity index (χ1v) is 6.87. The number of rotatable bonds is 6. The van der Waals surface area contributed by atoms with Gasteiger partial charge in [0.1, 0.15) is 0 Å². The Morgan fingerprint density at radius 2 is 1.90 bits per heavy atom. The topological polar surface area (TPSA) is 56.1 Å². The lowest BCUT2D eigenvalue weighted by Crippen LogP contribution is -2.31. The minimum absolute atomic E-state index is 0.0143. The number of amides is 1. The summed E-state index contributed by atoms with van der Waals surface area (Å²) in [5.74, 6) is -0.0143. The van der Waals surface area contributed by atoms with Gasteiger partial charge in [-0.3, -0.25) is 9.69 Å². The molecule has 0 heterocycles. The minimum Gasteiger partial charge on any atom is -0.324 e. The molecular formula is C16H23N3O. The van der Waals surface area contributed by atoms with Crippen molar-refractivity contribution >= 4 is 11.6 Å². The molecule has 0 aliphatic rings. The van der Waals surface area contributed by atoms with Gasteiger partial charge in [0.05, 0.1) is 12.6 Å². The van der Waals surface area contributed by atoms with Crippen molar-refractivity contribution in [3.05, 3.63) is 28.8 Å². The fourth-order valence-electron chi connectivity index (χ4n) is 2.31. The highest BCUT2D eigenvalue weighted by molar-refractivity contribution is 5.93. The fraction of sp³-hybridized carbons (Fsp3) is 0.500. The van der Waals surface area contributed by atoms with Crippen LogP contribution in [0.3, 0.4) is 0 Å². The van der Waals surface area contributed by atoms with Crippen molar-refractivity contribution in [1.29, 1.82) is 5.26 Å². The average molecular weight is 273 g/mol. The lowest BCUT2D eigenvalue weighted by Gasteiger charge is -2.17. The number of benzene rings is 1. The predicted octanol–water partition coefficient (Wildman–Crippen LogP) is 2.79. The second-order valence-electron chi connectivity index (χ2n) is 5.32. The third-order valence-electron chi connectivity index (χ3n) is 3.18. The van der Waals surface area contributed by atoms with Gasteiger partial charge in [0.2, 0.25) is 5.91 Å². The van der Waals surface area contributed by atoms with Crippen LogP contribution >= 0.6 is 0 Å². The standard InChI is InChI=1S/C16H23N3O/c1-12-9-13(2)16(14(3)10-12)18-15(20)11-19(4)8-6-5-7-17/h9-10H,5-6,8,11H2,1-4H3,(H,18,20). The molecule has 1 amide bonds. The Hall–Kier alpha value is -1.86. The summed E-state index contributed by atoms with van der Waals surface area (Å²) in [6.45, 7) is 7.16. The van der Waals surface area contributed by atoms with E-state index in [-0.39, 0.29) is 5.91 Å². The molecule has 108 valence electrons. The maximum absolute atomic E-state index is 12.0. The van der Waals surface area contributed by atoms with Gasteiger partial charge in [0.15, 0.2) is 0 Å². The van der Waals surface area contributed by atoms with E-state index in [1.54, 1.807) is 0 Å². The van der Waals surface area contributed by atoms with Crippen LogP contribution in [0.25, 0.3) is 0 Å². The lowest BCUT2D eigenvalue weighted by atomic mass is 10.1. The van der Waals surface area contributed by atoms with Gasteiger partial charge in [-0.25, -0.2) is 0 Å². The maximum atomic E-state index is 12.0. The highest BCUT2D eigenvalue weighted by Crippen LogP contribution is 2.21. The third-order valence-corrected chi connectivity index (χ3v) is 3.18. The predicted molar refractivity (Wildman–Crippen MR) is 81.6 cm³/mol. The molecule has 0 saturated carbocycles. The van der Waals surface area contributed by atoms with Crippen LogP contribution in [-0.4, -0.2) is 30.9 Å². The van der Waals surface area contributed by atoms with E-state index in [4.69, 9.17) is 5.26 Å². The van der Waals surface area contributed by atoms with Crippen molar-refractivity contribution in [2.24, 2.45) is 0 Å². The summed E-state index contributed by atoms with van der Waals surface area (Å²) in [6.07, 6.45) is 1.32. The molecule has 4 nitrogen and oxygen atoms in total. The first kappa shape index (κ1) is 16.2. The average Bonchev–Trinajstić information content (AvgIpc) is 2.34. The zero-order valence-electron chi connectivity index (χ0n) is 12.8. The Morgan fingerprint density at radius 1 is 1.30 bits per heavy atom. The molecule has 0 saturated heterocycles. The number of unbranched alkanes of at least 4 members (excludes halogenated alkanes) is 1. The van der Waals surface area contributed by atoms with Crippen molar-refractivity contribution in [2.45, 2.75) is 33.6 Å². The summed E-state index contributed by atoms with van der Waals surface area (Å²) < 4.78 is 0. The Labute approximate surface area is 121 Å². The van der Waals surface area contributed by atoms with Crippen molar-refractivity contribution in [2.75, 3.05) is 25.5 Å². The smallest absolute Gasteiger partial charge is 0.238 e. The summed E-state index contributed by atoms with van der Waals surface area (Å²) in [4.78, 5) is 14.0. The maximum Gasteiger partial charge on any atom is 0.238 e. The number of nitrogens with one attached hydrogen (secondary N) is 1. The number of carbonyl (C=O) groups excluding carboxylic acids is 1. The van der Waals surface area contributed by atoms with Crippen LogP contribution in [0, 0.1) is 32.1 Å². The van der Waals surface area contributed by atoms with Gasteiger partial charge in [-0.1, -0.05) is 17.7 Å². The zero-order chi connectivity index (χ0) is 15.1. The molecule has 0 spiro atoms. The molecule has 0 aliphatic heterocycles. The number of hydrogen-bond acceptors (Lipinski definition) is 3. The van der Waals surface area contributed by atoms with E-state index in [0.29, 0.717) is 13.0 Å². The third kappa shape index (κ3) is 5.02. The normalized spacial score (nSPS) is 10.4. The van der Waals surface area contributed by atoms with Crippen molar-refractivity contribution in [3.8, 4) is 6.07 Å². The number of anilines is 1. The fourth-order valence-corrected chi connectivity index (χ4v) is 2.31. The number of carbonyl (C=O) groups is 1. The summed E-state index contributed by atoms with van der Waals surface area (Å²) in [7, 11) is 1.89. The SMILES string of the molecule is Cc1cc(C)c(NC(=O)CN(C)CCCC#N)c(C)c1. The van der Waals surface area contributed by atoms with Gasteiger partial charge in [-0.15, -0.1) is 0 Å². The summed E-state index contributed by atoms with van der Waals surface area (Å²) in [5.41, 5.74) is 4.28. The van der Waals surface area contributed by atoms with Gasteiger partial charge >= 0.3 is 0 Å². The molecule has 0 aromatic heterocycles. The van der Waals surface area contributed by atoms with Gasteiger partial charge in [-0.05, 0) is 51.9 Å². The van der Waals surface area contributed by atoms with Crippen LogP contribution in [0.5, 0.6) is 0 Å². The Morgan fingerprint density at radius 3 is 2.45 bits per heavy atom. The molecule has 1 rings (SSSR count). The molecule has 0 unspecified atom stereocenters. The number of nitriles is 1. The Bertz CT molecular complexity index is 494. The van der Waals surface area contributed by atoms with Crippen LogP contribution in [0.1, 0.15) is 29.5 Å². The van der Waals surface area contributed by atoms with Gasteiger partial charge < -0.3 is 5.32 Å². The Balaban J connectivity index is 2.57. The minimum atomic E-state index is -0.0143. The summed E-state index contributed by atoms with van der Waals surface area (Å²) in [6, 6.07) is 6.25.